The van der Waals surface area contributed by atoms with E-state index in [0.29, 0.717) is 42.7 Å². The van der Waals surface area contributed by atoms with E-state index in [1.807, 2.05) is 33.8 Å². The zero-order chi connectivity index (χ0) is 60.7. The minimum absolute atomic E-state index is 0.00431. The number of fused-ring (bicyclic) bond motifs is 3. The third kappa shape index (κ3) is 16.8. The second kappa shape index (κ2) is 28.0. The van der Waals surface area contributed by atoms with Gasteiger partial charge in [-0.15, -0.1) is 0 Å². The lowest BCUT2D eigenvalue weighted by Gasteiger charge is -2.47. The predicted octanol–water partition coefficient (Wildman–Crippen LogP) is 9.73. The Morgan fingerprint density at radius 1 is 0.778 bits per heavy atom. The molecule has 4 heterocycles. The van der Waals surface area contributed by atoms with E-state index in [2.05, 4.69) is 73.8 Å². The summed E-state index contributed by atoms with van der Waals surface area (Å²) in [5.74, 6) is -9.68. The number of nitrogens with zero attached hydrogens (tertiary/aromatic N) is 2. The molecule has 4 fully saturated rings. The minimum atomic E-state index is -2.74. The SMILES string of the molecule is COC1CC(/C=C(\C)[C@H]2OC(=O)C3CCCCN3C(=O)C(=O)C3(O)O[C@@H](C(OC)CC3C)[C@@H](OC)C[C@@H](C)C/C(C)=C/[C@@H](CCOC(=O)ON3C(=O)CCC3=O)C(=O)CC(O[Si](C)(C)C(C)(C)C)[C@H]2C)CC[C@H]1O[Si](C)(C)C(C)(C)C. The average molecular weight is 1180 g/mol. The van der Waals surface area contributed by atoms with E-state index in [0.717, 1.165) is 18.4 Å². The smallest absolute Gasteiger partial charge is 0.456 e. The maximum Gasteiger partial charge on any atom is 0.533 e. The van der Waals surface area contributed by atoms with Crippen molar-refractivity contribution in [2.24, 2.45) is 29.6 Å². The number of Topliss-reactive ketones (excluding diaryl/α,β-unsaturated/α-hetero) is 2. The molecule has 1 N–H and O–H groups in total. The molecule has 2 bridgehead atoms. The first-order valence-electron chi connectivity index (χ1n) is 29.6. The van der Waals surface area contributed by atoms with Gasteiger partial charge in [-0.2, -0.15) is 0 Å². The van der Waals surface area contributed by atoms with Crippen molar-refractivity contribution in [1.82, 2.24) is 9.96 Å². The Bertz CT molecular complexity index is 2290. The number of methoxy groups -OCH3 is 3. The molecule has 1 saturated carbocycles. The van der Waals surface area contributed by atoms with Crippen LogP contribution in [0.25, 0.3) is 0 Å². The fourth-order valence-corrected chi connectivity index (χ4v) is 14.5. The number of ether oxygens (including phenoxy) is 6. The van der Waals surface area contributed by atoms with Crippen molar-refractivity contribution in [3.05, 3.63) is 23.3 Å². The number of hydrogen-bond acceptors (Lipinski definition) is 17. The highest BCUT2D eigenvalue weighted by atomic mass is 28.4. The largest absolute Gasteiger partial charge is 0.533 e. The van der Waals surface area contributed by atoms with Crippen LogP contribution in [0, 0.1) is 29.6 Å². The van der Waals surface area contributed by atoms with Gasteiger partial charge in [0.05, 0.1) is 37.1 Å². The first kappa shape index (κ1) is 68.1. The van der Waals surface area contributed by atoms with Crippen molar-refractivity contribution in [1.29, 1.82) is 0 Å². The van der Waals surface area contributed by atoms with E-state index < -0.39 is 112 Å². The zero-order valence-corrected chi connectivity index (χ0v) is 54.1. The van der Waals surface area contributed by atoms with Crippen molar-refractivity contribution in [2.75, 3.05) is 34.5 Å². The first-order chi connectivity index (χ1) is 37.6. The summed E-state index contributed by atoms with van der Waals surface area (Å²) in [4.78, 5) is 104. The molecule has 19 nitrogen and oxygen atoms in total. The van der Waals surface area contributed by atoms with E-state index in [-0.39, 0.29) is 91.6 Å². The van der Waals surface area contributed by atoms with E-state index in [1.54, 1.807) is 14.0 Å². The number of amides is 3. The molecule has 0 aromatic heterocycles. The summed E-state index contributed by atoms with van der Waals surface area (Å²) in [5.41, 5.74) is 1.54. The molecule has 0 spiro atoms. The van der Waals surface area contributed by atoms with Gasteiger partial charge in [0.25, 0.3) is 23.5 Å². The number of carbonyl (C=O) groups excluding carboxylic acids is 7. The van der Waals surface area contributed by atoms with Gasteiger partial charge in [-0.05, 0) is 132 Å². The van der Waals surface area contributed by atoms with Crippen molar-refractivity contribution in [2.45, 2.75) is 250 Å². The van der Waals surface area contributed by atoms with Gasteiger partial charge in [0.2, 0.25) is 5.79 Å². The third-order valence-electron chi connectivity index (χ3n) is 18.7. The lowest BCUT2D eigenvalue weighted by atomic mass is 9.81. The highest BCUT2D eigenvalue weighted by Gasteiger charge is 2.57. The number of imide groups is 1. The molecule has 1 aliphatic carbocycles. The van der Waals surface area contributed by atoms with Gasteiger partial charge in [-0.1, -0.05) is 85.1 Å². The van der Waals surface area contributed by atoms with Gasteiger partial charge in [0.15, 0.2) is 16.6 Å². The molecule has 81 heavy (non-hydrogen) atoms. The second-order valence-electron chi connectivity index (χ2n) is 27.0. The number of hydrogen-bond donors (Lipinski definition) is 1. The summed E-state index contributed by atoms with van der Waals surface area (Å²) in [6.45, 7) is 30.7. The normalized spacial score (nSPS) is 34.2. The van der Waals surface area contributed by atoms with Crippen LogP contribution in [0.3, 0.4) is 0 Å². The summed E-state index contributed by atoms with van der Waals surface area (Å²) < 4.78 is 50.9. The quantitative estimate of drug-likeness (QED) is 0.0595. The molecule has 14 atom stereocenters. The predicted molar refractivity (Wildman–Crippen MR) is 308 cm³/mol. The van der Waals surface area contributed by atoms with Crippen molar-refractivity contribution < 1.29 is 80.8 Å². The molecule has 21 heteroatoms. The van der Waals surface area contributed by atoms with Crippen LogP contribution in [0.15, 0.2) is 23.3 Å². The first-order valence-corrected chi connectivity index (χ1v) is 35.4. The van der Waals surface area contributed by atoms with E-state index in [9.17, 15) is 29.1 Å². The van der Waals surface area contributed by atoms with E-state index >= 15 is 9.59 Å². The van der Waals surface area contributed by atoms with Gasteiger partial charge in [0.1, 0.15) is 24.0 Å². The Hall–Kier alpha value is -3.68. The number of piperidine rings is 1. The molecular weight excluding hydrogens is 1080 g/mol. The molecule has 3 amide bonds. The number of ketones is 2. The zero-order valence-electron chi connectivity index (χ0n) is 52.1. The number of carbonyl (C=O) groups is 7. The highest BCUT2D eigenvalue weighted by molar-refractivity contribution is 6.74. The second-order valence-corrected chi connectivity index (χ2v) is 36.5. The van der Waals surface area contributed by atoms with Crippen LogP contribution in [-0.4, -0.2) is 162 Å². The van der Waals surface area contributed by atoms with E-state index in [1.165, 1.54) is 19.1 Å². The van der Waals surface area contributed by atoms with Crippen LogP contribution in [0.5, 0.6) is 0 Å². The molecule has 460 valence electrons. The van der Waals surface area contributed by atoms with Crippen LogP contribution < -0.4 is 0 Å². The molecular formula is C60H100N2O17Si2. The Morgan fingerprint density at radius 2 is 1.36 bits per heavy atom. The number of allylic oxidation sites excluding steroid dienone is 3. The summed E-state index contributed by atoms with van der Waals surface area (Å²) in [6, 6.07) is -1.20. The summed E-state index contributed by atoms with van der Waals surface area (Å²) in [7, 11) is -0.177. The molecule has 7 unspecified atom stereocenters. The van der Waals surface area contributed by atoms with Gasteiger partial charge in [-0.3, -0.25) is 28.8 Å². The number of hydroxylamine groups is 2. The van der Waals surface area contributed by atoms with Gasteiger partial charge >= 0.3 is 12.1 Å². The highest BCUT2D eigenvalue weighted by Crippen LogP contribution is 2.44. The lowest BCUT2D eigenvalue weighted by molar-refractivity contribution is -0.302. The average Bonchev–Trinajstić information content (AvgIpc) is 3.75. The Labute approximate surface area is 484 Å². The summed E-state index contributed by atoms with van der Waals surface area (Å²) >= 11 is 0. The Balaban J connectivity index is 1.64. The number of esters is 1. The fraction of sp³-hybridized carbons (Fsp3) is 0.817. The van der Waals surface area contributed by atoms with Crippen LogP contribution in [-0.2, 0) is 70.9 Å². The van der Waals surface area contributed by atoms with Crippen LogP contribution in [0.1, 0.15) is 160 Å². The number of cyclic esters (lactones) is 1. The Morgan fingerprint density at radius 3 is 1.94 bits per heavy atom. The number of rotatable bonds is 13. The molecule has 0 aromatic rings. The molecule has 3 saturated heterocycles. The molecule has 0 radical (unpaired) electrons. The fourth-order valence-electron chi connectivity index (χ4n) is 11.7. The topological polar surface area (TPSA) is 229 Å². The van der Waals surface area contributed by atoms with Gasteiger partial charge in [0, 0.05) is 64.9 Å². The monoisotopic (exact) mass is 1180 g/mol. The summed E-state index contributed by atoms with van der Waals surface area (Å²) in [5, 5.41) is 12.5. The maximum absolute atomic E-state index is 15.3. The number of aliphatic hydroxyl groups is 1. The molecule has 5 rings (SSSR count). The van der Waals surface area contributed by atoms with Crippen molar-refractivity contribution >= 4 is 58.0 Å². The summed E-state index contributed by atoms with van der Waals surface area (Å²) in [6.07, 6.45) is 2.30. The third-order valence-corrected chi connectivity index (χ3v) is 27.7. The van der Waals surface area contributed by atoms with Crippen molar-refractivity contribution in [3.63, 3.8) is 0 Å². The lowest BCUT2D eigenvalue weighted by Crippen LogP contribution is -2.64. The van der Waals surface area contributed by atoms with Crippen molar-refractivity contribution in [3.8, 4) is 0 Å². The van der Waals surface area contributed by atoms with Gasteiger partial charge in [-0.25, -0.2) is 9.59 Å². The minimum Gasteiger partial charge on any atom is -0.456 e. The van der Waals surface area contributed by atoms with Gasteiger partial charge < -0.3 is 47.3 Å². The van der Waals surface area contributed by atoms with E-state index in [4.69, 9.17) is 42.1 Å². The Kier molecular flexibility index (Phi) is 23.6. The van der Waals surface area contributed by atoms with Crippen LogP contribution in [0.2, 0.25) is 36.3 Å². The molecule has 5 aliphatic rings. The van der Waals surface area contributed by atoms with Crippen LogP contribution >= 0.6 is 0 Å². The molecule has 4 aliphatic heterocycles. The standard InChI is InChI=1S/C60H100N2O17Si2/c1-36-29-37(2)31-48(72-13)53-49(73-14)33-39(4)60(70,76-53)54(66)55(67)61-27-20-19-21-43(61)56(68)75-52(38(3)32-41-22-23-45(47(34-41)71-12)78-80(15,16)58(6,7)8)40(5)46(79-81(17,18)59(9,10)11)35-44(63)42(30-36)26-28-74-57(69)77-62-50(64)24-25-51(62)65/h30,32,37,39-43,45-49,52-53,70H,19-29,31,33-35H2,1-18H3/b36-30+,38-32+/t37-,39?,40+,41?,42+,43?,45+,46?,47?,48-,49?,52+,53+,60?/m0/s1. The molecule has 0 aromatic carbocycles. The maximum atomic E-state index is 15.3. The van der Waals surface area contributed by atoms with Crippen LogP contribution in [0.4, 0.5) is 4.79 Å².